The van der Waals surface area contributed by atoms with Crippen LogP contribution in [0.15, 0.2) is 34.9 Å². The van der Waals surface area contributed by atoms with E-state index >= 15 is 0 Å². The van der Waals surface area contributed by atoms with Crippen LogP contribution in [-0.2, 0) is 5.41 Å². The van der Waals surface area contributed by atoms with Gasteiger partial charge in [-0.05, 0) is 37.2 Å². The predicted octanol–water partition coefficient (Wildman–Crippen LogP) is 2.68. The first kappa shape index (κ1) is 13.1. The van der Waals surface area contributed by atoms with E-state index in [1.54, 1.807) is 6.26 Å². The molecule has 98 valence electrons. The molecule has 0 aliphatic carbocycles. The third-order valence-electron chi connectivity index (χ3n) is 3.91. The topological polar surface area (TPSA) is 45.4 Å². The van der Waals surface area contributed by atoms with Crippen LogP contribution in [0.1, 0.15) is 26.3 Å². The SMILES string of the molecule is CCNC(C)C(C)(CO)c1ccc2occc2c1. The molecule has 0 saturated heterocycles. The van der Waals surface area contributed by atoms with Crippen molar-refractivity contribution in [3.63, 3.8) is 0 Å². The number of hydrogen-bond acceptors (Lipinski definition) is 3. The second-order valence-corrected chi connectivity index (χ2v) is 5.03. The van der Waals surface area contributed by atoms with Crippen molar-refractivity contribution in [3.8, 4) is 0 Å². The van der Waals surface area contributed by atoms with Crippen LogP contribution in [0.4, 0.5) is 0 Å². The molecule has 0 aliphatic rings. The summed E-state index contributed by atoms with van der Waals surface area (Å²) in [7, 11) is 0. The van der Waals surface area contributed by atoms with Gasteiger partial charge in [0.1, 0.15) is 5.58 Å². The fourth-order valence-electron chi connectivity index (χ4n) is 2.33. The number of benzene rings is 1. The standard InChI is InChI=1S/C15H21NO2/c1-4-16-11(2)15(3,10-17)13-5-6-14-12(9-13)7-8-18-14/h5-9,11,16-17H,4,10H2,1-3H3. The summed E-state index contributed by atoms with van der Waals surface area (Å²) in [5.74, 6) is 0. The molecule has 3 heteroatoms. The lowest BCUT2D eigenvalue weighted by Crippen LogP contribution is -2.47. The van der Waals surface area contributed by atoms with Gasteiger partial charge in [0.2, 0.25) is 0 Å². The Hall–Kier alpha value is -1.32. The minimum atomic E-state index is -0.290. The summed E-state index contributed by atoms with van der Waals surface area (Å²) in [5.41, 5.74) is 1.73. The number of nitrogens with one attached hydrogen (secondary N) is 1. The quantitative estimate of drug-likeness (QED) is 0.854. The van der Waals surface area contributed by atoms with Crippen molar-refractivity contribution in [1.29, 1.82) is 0 Å². The van der Waals surface area contributed by atoms with Gasteiger partial charge in [-0.2, -0.15) is 0 Å². The Morgan fingerprint density at radius 2 is 2.17 bits per heavy atom. The predicted molar refractivity (Wildman–Crippen MR) is 73.8 cm³/mol. The van der Waals surface area contributed by atoms with Gasteiger partial charge in [0.25, 0.3) is 0 Å². The maximum absolute atomic E-state index is 9.80. The van der Waals surface area contributed by atoms with Crippen LogP contribution in [0.3, 0.4) is 0 Å². The van der Waals surface area contributed by atoms with E-state index in [1.165, 1.54) is 0 Å². The highest BCUT2D eigenvalue weighted by Gasteiger charge is 2.32. The number of hydrogen-bond donors (Lipinski definition) is 2. The Bertz CT molecular complexity index is 520. The highest BCUT2D eigenvalue weighted by molar-refractivity contribution is 5.78. The average Bonchev–Trinajstić information content (AvgIpc) is 2.85. The summed E-state index contributed by atoms with van der Waals surface area (Å²) in [6.07, 6.45) is 1.69. The van der Waals surface area contributed by atoms with Gasteiger partial charge in [0.15, 0.2) is 0 Å². The molecule has 2 atom stereocenters. The van der Waals surface area contributed by atoms with Gasteiger partial charge in [-0.1, -0.05) is 19.9 Å². The molecule has 2 N–H and O–H groups in total. The Morgan fingerprint density at radius 1 is 1.39 bits per heavy atom. The van der Waals surface area contributed by atoms with Gasteiger partial charge in [-0.15, -0.1) is 0 Å². The number of aliphatic hydroxyl groups excluding tert-OH is 1. The van der Waals surface area contributed by atoms with E-state index < -0.39 is 0 Å². The molecular weight excluding hydrogens is 226 g/mol. The van der Waals surface area contributed by atoms with E-state index in [1.807, 2.05) is 18.2 Å². The van der Waals surface area contributed by atoms with E-state index in [0.29, 0.717) is 0 Å². The summed E-state index contributed by atoms with van der Waals surface area (Å²) in [4.78, 5) is 0. The lowest BCUT2D eigenvalue weighted by molar-refractivity contribution is 0.172. The van der Waals surface area contributed by atoms with Crippen LogP contribution in [0.25, 0.3) is 11.0 Å². The van der Waals surface area contributed by atoms with Gasteiger partial charge in [0.05, 0.1) is 12.9 Å². The van der Waals surface area contributed by atoms with Gasteiger partial charge in [-0.3, -0.25) is 0 Å². The average molecular weight is 247 g/mol. The van der Waals surface area contributed by atoms with Crippen LogP contribution in [-0.4, -0.2) is 24.3 Å². The number of fused-ring (bicyclic) bond motifs is 1. The molecule has 2 aromatic rings. The Labute approximate surface area is 108 Å². The van der Waals surface area contributed by atoms with Crippen LogP contribution in [0.2, 0.25) is 0 Å². The molecular formula is C15H21NO2. The van der Waals surface area contributed by atoms with Crippen molar-refractivity contribution in [2.24, 2.45) is 0 Å². The first-order valence-corrected chi connectivity index (χ1v) is 6.44. The van der Waals surface area contributed by atoms with Crippen LogP contribution < -0.4 is 5.32 Å². The van der Waals surface area contributed by atoms with Crippen molar-refractivity contribution in [2.45, 2.75) is 32.2 Å². The van der Waals surface area contributed by atoms with Gasteiger partial charge >= 0.3 is 0 Å². The minimum absolute atomic E-state index is 0.116. The second kappa shape index (κ2) is 5.12. The maximum atomic E-state index is 9.80. The number of rotatable bonds is 5. The molecule has 0 fully saturated rings. The Balaban J connectivity index is 2.41. The summed E-state index contributed by atoms with van der Waals surface area (Å²) in [6.45, 7) is 7.28. The Morgan fingerprint density at radius 3 is 2.83 bits per heavy atom. The third kappa shape index (κ3) is 2.16. The van der Waals surface area contributed by atoms with Crippen LogP contribution in [0, 0.1) is 0 Å². The van der Waals surface area contributed by atoms with Crippen molar-refractivity contribution in [3.05, 3.63) is 36.1 Å². The fourth-order valence-corrected chi connectivity index (χ4v) is 2.33. The molecule has 3 nitrogen and oxygen atoms in total. The molecule has 0 saturated carbocycles. The summed E-state index contributed by atoms with van der Waals surface area (Å²) >= 11 is 0. The lowest BCUT2D eigenvalue weighted by Gasteiger charge is -2.35. The smallest absolute Gasteiger partial charge is 0.133 e. The number of furan rings is 1. The van der Waals surface area contributed by atoms with E-state index in [0.717, 1.165) is 23.1 Å². The minimum Gasteiger partial charge on any atom is -0.464 e. The molecule has 0 radical (unpaired) electrons. The zero-order valence-corrected chi connectivity index (χ0v) is 11.2. The first-order valence-electron chi connectivity index (χ1n) is 6.44. The number of aliphatic hydroxyl groups is 1. The van der Waals surface area contributed by atoms with Crippen molar-refractivity contribution < 1.29 is 9.52 Å². The second-order valence-electron chi connectivity index (χ2n) is 5.03. The van der Waals surface area contributed by atoms with Crippen molar-refractivity contribution in [1.82, 2.24) is 5.32 Å². The van der Waals surface area contributed by atoms with Crippen LogP contribution in [0.5, 0.6) is 0 Å². The van der Waals surface area contributed by atoms with Gasteiger partial charge in [0, 0.05) is 16.8 Å². The molecule has 1 aromatic carbocycles. The Kier molecular flexibility index (Phi) is 3.73. The fraction of sp³-hybridized carbons (Fsp3) is 0.467. The molecule has 1 aromatic heterocycles. The molecule has 1 heterocycles. The van der Waals surface area contributed by atoms with Crippen molar-refractivity contribution in [2.75, 3.05) is 13.2 Å². The number of likely N-dealkylation sites (N-methyl/N-ethyl adjacent to an activating group) is 1. The zero-order chi connectivity index (χ0) is 13.2. The monoisotopic (exact) mass is 247 g/mol. The third-order valence-corrected chi connectivity index (χ3v) is 3.91. The molecule has 0 amide bonds. The molecule has 0 spiro atoms. The zero-order valence-electron chi connectivity index (χ0n) is 11.2. The maximum Gasteiger partial charge on any atom is 0.133 e. The first-order chi connectivity index (χ1) is 8.61. The molecule has 18 heavy (non-hydrogen) atoms. The van der Waals surface area contributed by atoms with E-state index in [2.05, 4.69) is 32.2 Å². The summed E-state index contributed by atoms with van der Waals surface area (Å²) in [5, 5.41) is 14.3. The van der Waals surface area contributed by atoms with E-state index in [-0.39, 0.29) is 18.1 Å². The molecule has 0 aliphatic heterocycles. The molecule has 0 bridgehead atoms. The van der Waals surface area contributed by atoms with Gasteiger partial charge in [-0.25, -0.2) is 0 Å². The summed E-state index contributed by atoms with van der Waals surface area (Å²) in [6, 6.07) is 8.27. The highest BCUT2D eigenvalue weighted by atomic mass is 16.3. The van der Waals surface area contributed by atoms with E-state index in [9.17, 15) is 5.11 Å². The largest absolute Gasteiger partial charge is 0.464 e. The van der Waals surface area contributed by atoms with Gasteiger partial charge < -0.3 is 14.8 Å². The van der Waals surface area contributed by atoms with Crippen molar-refractivity contribution >= 4 is 11.0 Å². The van der Waals surface area contributed by atoms with E-state index in [4.69, 9.17) is 4.42 Å². The normalized spacial score (nSPS) is 16.7. The van der Waals surface area contributed by atoms with Crippen LogP contribution >= 0.6 is 0 Å². The summed E-state index contributed by atoms with van der Waals surface area (Å²) < 4.78 is 5.35. The lowest BCUT2D eigenvalue weighted by atomic mass is 9.77. The highest BCUT2D eigenvalue weighted by Crippen LogP contribution is 2.30. The molecule has 2 rings (SSSR count). The molecule has 2 unspecified atom stereocenters.